The van der Waals surface area contributed by atoms with Crippen LogP contribution in [0.3, 0.4) is 0 Å². The summed E-state index contributed by atoms with van der Waals surface area (Å²) < 4.78 is 5.24. The maximum Gasteiger partial charge on any atom is 0.292 e. The van der Waals surface area contributed by atoms with Crippen LogP contribution in [-0.2, 0) is 4.65 Å². The summed E-state index contributed by atoms with van der Waals surface area (Å²) in [4.78, 5) is 0. The fourth-order valence-corrected chi connectivity index (χ4v) is 0.902. The summed E-state index contributed by atoms with van der Waals surface area (Å²) in [6.45, 7) is 8.84. The van der Waals surface area contributed by atoms with Gasteiger partial charge in [-0.15, -0.1) is 9.24 Å². The third kappa shape index (κ3) is 8.29. The molecule has 0 aliphatic rings. The molecule has 0 saturated carbocycles. The summed E-state index contributed by atoms with van der Waals surface area (Å²) in [5.74, 6) is 0.809. The summed E-state index contributed by atoms with van der Waals surface area (Å²) >= 11 is 0. The van der Waals surface area contributed by atoms with Crippen LogP contribution in [0.5, 0.6) is 0 Å². The molecule has 0 heterocycles. The van der Waals surface area contributed by atoms with Gasteiger partial charge in [-0.1, -0.05) is 39.6 Å². The lowest BCUT2D eigenvalue weighted by Gasteiger charge is -2.06. The van der Waals surface area contributed by atoms with Crippen LogP contribution >= 0.6 is 9.24 Å². The second kappa shape index (κ2) is 7.82. The minimum atomic E-state index is 0.630. The van der Waals surface area contributed by atoms with Crippen LogP contribution < -0.4 is 0 Å². The Morgan fingerprint density at radius 3 is 2.83 bits per heavy atom. The number of rotatable bonds is 7. The van der Waals surface area contributed by atoms with Crippen molar-refractivity contribution in [1.82, 2.24) is 0 Å². The van der Waals surface area contributed by atoms with Crippen molar-refractivity contribution >= 4 is 16.7 Å². The topological polar surface area (TPSA) is 9.23 Å². The van der Waals surface area contributed by atoms with Crippen LogP contribution in [0.25, 0.3) is 0 Å². The molecular weight excluding hydrogens is 166 g/mol. The number of hydrogen-bond acceptors (Lipinski definition) is 1. The molecule has 0 aliphatic heterocycles. The Bertz CT molecular complexity index is 128. The van der Waals surface area contributed by atoms with E-state index in [1.54, 1.807) is 0 Å². The molecule has 0 rings (SSSR count). The van der Waals surface area contributed by atoms with Gasteiger partial charge in [0.2, 0.25) is 0 Å². The van der Waals surface area contributed by atoms with Crippen molar-refractivity contribution in [3.8, 4) is 0 Å². The van der Waals surface area contributed by atoms with Crippen LogP contribution in [0.2, 0.25) is 6.32 Å². The van der Waals surface area contributed by atoms with E-state index in [2.05, 4.69) is 29.7 Å². The second-order valence-electron chi connectivity index (χ2n) is 3.23. The molecule has 0 N–H and O–H groups in total. The first-order valence-corrected chi connectivity index (χ1v) is 5.11. The van der Waals surface area contributed by atoms with Crippen molar-refractivity contribution in [2.24, 2.45) is 5.92 Å². The van der Waals surface area contributed by atoms with E-state index in [1.165, 1.54) is 12.8 Å². The van der Waals surface area contributed by atoms with Crippen molar-refractivity contribution < 1.29 is 4.65 Å². The minimum absolute atomic E-state index is 0.630. The van der Waals surface area contributed by atoms with E-state index in [0.29, 0.717) is 6.61 Å². The highest BCUT2D eigenvalue weighted by atomic mass is 31.0. The van der Waals surface area contributed by atoms with Crippen molar-refractivity contribution in [3.05, 3.63) is 11.9 Å². The zero-order valence-corrected chi connectivity index (χ0v) is 9.33. The fourth-order valence-electron chi connectivity index (χ4n) is 0.806. The SMILES string of the molecule is C=C(P)CO[B]CCC(C)CC. The molecule has 0 aromatic carbocycles. The normalized spacial score (nSPS) is 12.6. The molecule has 0 aromatic rings. The third-order valence-electron chi connectivity index (χ3n) is 1.86. The van der Waals surface area contributed by atoms with Gasteiger partial charge in [-0.25, -0.2) is 0 Å². The highest BCUT2D eigenvalue weighted by molar-refractivity contribution is 7.22. The first kappa shape index (κ1) is 12.2. The first-order valence-electron chi connectivity index (χ1n) is 4.53. The maximum atomic E-state index is 5.24. The Labute approximate surface area is 79.4 Å². The summed E-state index contributed by atoms with van der Waals surface area (Å²) in [6, 6.07) is 0. The van der Waals surface area contributed by atoms with Crippen LogP contribution in [0, 0.1) is 5.92 Å². The van der Waals surface area contributed by atoms with E-state index < -0.39 is 0 Å². The Balaban J connectivity index is 3.05. The Hall–Kier alpha value is 0.195. The molecule has 3 heteroatoms. The largest absolute Gasteiger partial charge is 0.436 e. The van der Waals surface area contributed by atoms with Gasteiger partial charge < -0.3 is 4.65 Å². The summed E-state index contributed by atoms with van der Waals surface area (Å²) in [5, 5.41) is 0.995. The van der Waals surface area contributed by atoms with Gasteiger partial charge in [0.25, 0.3) is 7.48 Å². The molecule has 1 nitrogen and oxygen atoms in total. The van der Waals surface area contributed by atoms with Crippen LogP contribution in [0.15, 0.2) is 11.9 Å². The highest BCUT2D eigenvalue weighted by Gasteiger charge is 1.99. The standard InChI is InChI=1S/C9H19BOP/c1-4-8(2)5-6-10-11-7-9(3)12/h8H,3-7,12H2,1-2H3. The van der Waals surface area contributed by atoms with Gasteiger partial charge in [0.1, 0.15) is 0 Å². The molecule has 0 amide bonds. The van der Waals surface area contributed by atoms with Crippen molar-refractivity contribution in [2.75, 3.05) is 6.61 Å². The molecule has 0 saturated heterocycles. The minimum Gasteiger partial charge on any atom is -0.436 e. The molecule has 0 fully saturated rings. The average Bonchev–Trinajstić information content (AvgIpc) is 2.03. The smallest absolute Gasteiger partial charge is 0.292 e. The zero-order chi connectivity index (χ0) is 9.40. The number of hydrogen-bond donors (Lipinski definition) is 0. The van der Waals surface area contributed by atoms with Gasteiger partial charge in [-0.3, -0.25) is 0 Å². The molecule has 0 bridgehead atoms. The zero-order valence-electron chi connectivity index (χ0n) is 8.18. The predicted octanol–water partition coefficient (Wildman–Crippen LogP) is 2.87. The third-order valence-corrected chi connectivity index (χ3v) is 2.03. The van der Waals surface area contributed by atoms with Crippen LogP contribution in [0.4, 0.5) is 0 Å². The molecule has 12 heavy (non-hydrogen) atoms. The first-order chi connectivity index (χ1) is 5.66. The predicted molar refractivity (Wildman–Crippen MR) is 59.4 cm³/mol. The fraction of sp³-hybridized carbons (Fsp3) is 0.778. The Morgan fingerprint density at radius 1 is 1.67 bits per heavy atom. The van der Waals surface area contributed by atoms with Crippen LogP contribution in [0.1, 0.15) is 26.7 Å². The van der Waals surface area contributed by atoms with E-state index in [0.717, 1.165) is 17.6 Å². The van der Waals surface area contributed by atoms with E-state index in [4.69, 9.17) is 4.65 Å². The molecule has 1 radical (unpaired) electrons. The van der Waals surface area contributed by atoms with E-state index in [-0.39, 0.29) is 0 Å². The maximum absolute atomic E-state index is 5.24. The van der Waals surface area contributed by atoms with Gasteiger partial charge >= 0.3 is 0 Å². The van der Waals surface area contributed by atoms with Crippen molar-refractivity contribution in [1.29, 1.82) is 0 Å². The van der Waals surface area contributed by atoms with Crippen LogP contribution in [-0.4, -0.2) is 14.1 Å². The lowest BCUT2D eigenvalue weighted by atomic mass is 9.87. The van der Waals surface area contributed by atoms with Gasteiger partial charge in [0.15, 0.2) is 0 Å². The van der Waals surface area contributed by atoms with Gasteiger partial charge in [-0.2, -0.15) is 0 Å². The molecule has 0 aromatic heterocycles. The van der Waals surface area contributed by atoms with Crippen molar-refractivity contribution in [2.45, 2.75) is 33.0 Å². The molecule has 69 valence electrons. The molecule has 0 aliphatic carbocycles. The van der Waals surface area contributed by atoms with Crippen molar-refractivity contribution in [3.63, 3.8) is 0 Å². The molecule has 2 atom stereocenters. The highest BCUT2D eigenvalue weighted by Crippen LogP contribution is 2.09. The van der Waals surface area contributed by atoms with Gasteiger partial charge in [0, 0.05) is 0 Å². The van der Waals surface area contributed by atoms with Gasteiger partial charge in [0.05, 0.1) is 6.61 Å². The van der Waals surface area contributed by atoms with E-state index in [9.17, 15) is 0 Å². The molecule has 2 unspecified atom stereocenters. The Kier molecular flexibility index (Phi) is 7.95. The molecule has 0 spiro atoms. The quantitative estimate of drug-likeness (QED) is 0.336. The summed E-state index contributed by atoms with van der Waals surface area (Å²) in [6.07, 6.45) is 3.52. The lowest BCUT2D eigenvalue weighted by Crippen LogP contribution is -2.02. The Morgan fingerprint density at radius 2 is 2.33 bits per heavy atom. The van der Waals surface area contributed by atoms with Gasteiger partial charge in [-0.05, 0) is 11.2 Å². The monoisotopic (exact) mass is 185 g/mol. The summed E-state index contributed by atoms with van der Waals surface area (Å²) in [5.41, 5.74) is 0. The molecular formula is C9H19BOP. The summed E-state index contributed by atoms with van der Waals surface area (Å²) in [7, 11) is 4.42. The van der Waals surface area contributed by atoms with E-state index in [1.807, 2.05) is 7.48 Å². The average molecular weight is 185 g/mol. The van der Waals surface area contributed by atoms with E-state index >= 15 is 0 Å². The second-order valence-corrected chi connectivity index (χ2v) is 4.04. The lowest BCUT2D eigenvalue weighted by molar-refractivity contribution is 0.377.